The van der Waals surface area contributed by atoms with Crippen LogP contribution in [0.1, 0.15) is 52.7 Å². The molecule has 1 aromatic rings. The Morgan fingerprint density at radius 1 is 1.11 bits per heavy atom. The summed E-state index contributed by atoms with van der Waals surface area (Å²) in [6.07, 6.45) is 0.926. The van der Waals surface area contributed by atoms with Crippen molar-refractivity contribution < 1.29 is 9.78 Å². The molecule has 0 aliphatic carbocycles. The van der Waals surface area contributed by atoms with Gasteiger partial charge in [-0.25, -0.2) is 9.78 Å². The Kier molecular flexibility index (Phi) is 5.83. The largest absolute Gasteiger partial charge is 0.230 e. The van der Waals surface area contributed by atoms with Crippen LogP contribution in [0.3, 0.4) is 0 Å². The molecule has 0 aliphatic rings. The summed E-state index contributed by atoms with van der Waals surface area (Å²) in [6.45, 7) is 10.3. The lowest BCUT2D eigenvalue weighted by Crippen LogP contribution is -2.21. The second-order valence-electron chi connectivity index (χ2n) is 5.96. The molecule has 0 heterocycles. The van der Waals surface area contributed by atoms with Gasteiger partial charge in [0.05, 0.1) is 5.60 Å². The third-order valence-electron chi connectivity index (χ3n) is 2.34. The van der Waals surface area contributed by atoms with Crippen molar-refractivity contribution in [2.75, 3.05) is 0 Å². The highest BCUT2D eigenvalue weighted by Crippen LogP contribution is 2.28. The Labute approximate surface area is 119 Å². The average molecular weight is 315 g/mol. The zero-order valence-electron chi connectivity index (χ0n) is 11.9. The highest BCUT2D eigenvalue weighted by Gasteiger charge is 2.19. The average Bonchev–Trinajstić information content (AvgIpc) is 2.24. The molecule has 0 N–H and O–H groups in total. The number of benzene rings is 1. The third-order valence-corrected chi connectivity index (χ3v) is 2.87. The van der Waals surface area contributed by atoms with E-state index in [2.05, 4.69) is 41.9 Å². The van der Waals surface area contributed by atoms with Gasteiger partial charge < -0.3 is 0 Å². The van der Waals surface area contributed by atoms with Crippen molar-refractivity contribution in [2.45, 2.75) is 52.7 Å². The first-order valence-corrected chi connectivity index (χ1v) is 7.17. The Morgan fingerprint density at radius 3 is 2.11 bits per heavy atom. The van der Waals surface area contributed by atoms with Crippen molar-refractivity contribution in [1.29, 1.82) is 0 Å². The smallest absolute Gasteiger partial charge is 0.118 e. The Morgan fingerprint density at radius 2 is 1.67 bits per heavy atom. The quantitative estimate of drug-likeness (QED) is 0.543. The monoisotopic (exact) mass is 314 g/mol. The van der Waals surface area contributed by atoms with E-state index in [1.165, 1.54) is 0 Å². The van der Waals surface area contributed by atoms with Crippen LogP contribution < -0.4 is 0 Å². The summed E-state index contributed by atoms with van der Waals surface area (Å²) in [6, 6.07) is 8.21. The molecule has 0 aromatic heterocycles. The molecule has 0 fully saturated rings. The van der Waals surface area contributed by atoms with Crippen LogP contribution in [0.15, 0.2) is 28.7 Å². The van der Waals surface area contributed by atoms with Gasteiger partial charge in [-0.1, -0.05) is 41.9 Å². The molecule has 2 nitrogen and oxygen atoms in total. The molecule has 3 heteroatoms. The third kappa shape index (κ3) is 5.98. The molecule has 102 valence electrons. The number of halogens is 1. The van der Waals surface area contributed by atoms with Gasteiger partial charge in [-0.05, 0) is 50.8 Å². The first kappa shape index (κ1) is 15.7. The van der Waals surface area contributed by atoms with E-state index in [1.807, 2.05) is 32.9 Å². The van der Waals surface area contributed by atoms with Crippen molar-refractivity contribution in [1.82, 2.24) is 0 Å². The van der Waals surface area contributed by atoms with Crippen LogP contribution in [0.25, 0.3) is 0 Å². The molecule has 0 aliphatic heterocycles. The summed E-state index contributed by atoms with van der Waals surface area (Å²) in [4.78, 5) is 11.1. The van der Waals surface area contributed by atoms with Crippen molar-refractivity contribution in [3.63, 3.8) is 0 Å². The Hall–Kier alpha value is -0.380. The van der Waals surface area contributed by atoms with E-state index >= 15 is 0 Å². The molecule has 0 spiro atoms. The molecule has 1 aromatic carbocycles. The van der Waals surface area contributed by atoms with Gasteiger partial charge in [-0.15, -0.1) is 0 Å². The molecule has 0 saturated heterocycles. The molecule has 1 rings (SSSR count). The summed E-state index contributed by atoms with van der Waals surface area (Å²) in [5.41, 5.74) is 0.862. The van der Waals surface area contributed by atoms with E-state index in [0.717, 1.165) is 16.5 Å². The van der Waals surface area contributed by atoms with Crippen molar-refractivity contribution in [3.8, 4) is 0 Å². The van der Waals surface area contributed by atoms with E-state index in [0.29, 0.717) is 5.92 Å². The van der Waals surface area contributed by atoms with Gasteiger partial charge in [-0.3, -0.25) is 0 Å². The van der Waals surface area contributed by atoms with Crippen LogP contribution in [0.4, 0.5) is 0 Å². The van der Waals surface area contributed by atoms with Crippen LogP contribution in [0, 0.1) is 5.92 Å². The highest BCUT2D eigenvalue weighted by atomic mass is 79.9. The topological polar surface area (TPSA) is 18.5 Å². The van der Waals surface area contributed by atoms with E-state index in [-0.39, 0.29) is 11.7 Å². The molecule has 0 amide bonds. The minimum atomic E-state index is -0.287. The lowest BCUT2D eigenvalue weighted by molar-refractivity contribution is -0.377. The Balaban J connectivity index is 2.74. The minimum absolute atomic E-state index is 0.0164. The van der Waals surface area contributed by atoms with Gasteiger partial charge in [0.15, 0.2) is 0 Å². The molecular weight excluding hydrogens is 292 g/mol. The first-order valence-electron chi connectivity index (χ1n) is 6.38. The minimum Gasteiger partial charge on any atom is -0.230 e. The zero-order valence-corrected chi connectivity index (χ0v) is 13.5. The van der Waals surface area contributed by atoms with Crippen LogP contribution >= 0.6 is 15.9 Å². The van der Waals surface area contributed by atoms with E-state index in [9.17, 15) is 0 Å². The van der Waals surface area contributed by atoms with Gasteiger partial charge in [0.1, 0.15) is 6.10 Å². The van der Waals surface area contributed by atoms with E-state index in [1.54, 1.807) is 0 Å². The first-order chi connectivity index (χ1) is 8.28. The maximum Gasteiger partial charge on any atom is 0.118 e. The predicted molar refractivity (Wildman–Crippen MR) is 78.3 cm³/mol. The van der Waals surface area contributed by atoms with Gasteiger partial charge in [-0.2, -0.15) is 0 Å². The molecule has 1 unspecified atom stereocenters. The SMILES string of the molecule is CC(C)CC(OOC(C)(C)C)c1ccc(Br)cc1. The summed E-state index contributed by atoms with van der Waals surface area (Å²) in [5, 5.41) is 0. The van der Waals surface area contributed by atoms with Crippen molar-refractivity contribution >= 4 is 15.9 Å². The van der Waals surface area contributed by atoms with Crippen LogP contribution in [0.5, 0.6) is 0 Å². The summed E-state index contributed by atoms with van der Waals surface area (Å²) in [7, 11) is 0. The fourth-order valence-corrected chi connectivity index (χ4v) is 1.80. The van der Waals surface area contributed by atoms with Gasteiger partial charge >= 0.3 is 0 Å². The molecule has 0 bridgehead atoms. The Bertz CT molecular complexity index is 352. The predicted octanol–water partition coefficient (Wildman–Crippen LogP) is 5.28. The van der Waals surface area contributed by atoms with Crippen LogP contribution in [-0.4, -0.2) is 5.60 Å². The van der Waals surface area contributed by atoms with E-state index < -0.39 is 0 Å². The van der Waals surface area contributed by atoms with Gasteiger partial charge in [0.25, 0.3) is 0 Å². The molecule has 18 heavy (non-hydrogen) atoms. The maximum atomic E-state index is 5.63. The second kappa shape index (κ2) is 6.69. The van der Waals surface area contributed by atoms with Crippen LogP contribution in [0.2, 0.25) is 0 Å². The zero-order chi connectivity index (χ0) is 13.8. The lowest BCUT2D eigenvalue weighted by Gasteiger charge is -2.24. The fourth-order valence-electron chi connectivity index (χ4n) is 1.54. The van der Waals surface area contributed by atoms with Gasteiger partial charge in [0.2, 0.25) is 0 Å². The van der Waals surface area contributed by atoms with E-state index in [4.69, 9.17) is 9.78 Å². The summed E-state index contributed by atoms with van der Waals surface area (Å²) in [5.74, 6) is 0.558. The standard InChI is InChI=1S/C15H23BrO2/c1-11(2)10-14(17-18-15(3,4)5)12-6-8-13(16)9-7-12/h6-9,11,14H,10H2,1-5H3. The van der Waals surface area contributed by atoms with Crippen molar-refractivity contribution in [3.05, 3.63) is 34.3 Å². The molecule has 0 radical (unpaired) electrons. The molecule has 0 saturated carbocycles. The molecule has 1 atom stereocenters. The fraction of sp³-hybridized carbons (Fsp3) is 0.600. The normalized spacial score (nSPS) is 13.9. The van der Waals surface area contributed by atoms with Crippen LogP contribution in [-0.2, 0) is 9.78 Å². The summed E-state index contributed by atoms with van der Waals surface area (Å²) < 4.78 is 1.08. The summed E-state index contributed by atoms with van der Waals surface area (Å²) >= 11 is 3.44. The highest BCUT2D eigenvalue weighted by molar-refractivity contribution is 9.10. The number of hydrogen-bond donors (Lipinski definition) is 0. The number of rotatable bonds is 5. The molecular formula is C15H23BrO2. The van der Waals surface area contributed by atoms with Gasteiger partial charge in [0, 0.05) is 4.47 Å². The number of hydrogen-bond acceptors (Lipinski definition) is 2. The second-order valence-corrected chi connectivity index (χ2v) is 6.88. The maximum absolute atomic E-state index is 5.63. The lowest BCUT2D eigenvalue weighted by atomic mass is 10.00. The van der Waals surface area contributed by atoms with Crippen molar-refractivity contribution in [2.24, 2.45) is 5.92 Å².